The summed E-state index contributed by atoms with van der Waals surface area (Å²) in [5, 5.41) is 8.89. The zero-order valence-corrected chi connectivity index (χ0v) is 9.44. The number of carbonyl (C=O) groups excluding carboxylic acids is 1. The third kappa shape index (κ3) is 6.62. The first kappa shape index (κ1) is 14.2. The highest BCUT2D eigenvalue weighted by molar-refractivity contribution is 5.90. The Morgan fingerprint density at radius 3 is 2.12 bits per heavy atom. The molecular formula is C12H18N2O2. The number of phenols is 1. The lowest BCUT2D eigenvalue weighted by atomic mass is 10.1. The number of benzene rings is 1. The van der Waals surface area contributed by atoms with Crippen LogP contribution in [0.5, 0.6) is 5.75 Å². The number of carbonyl (C=O) groups is 1. The van der Waals surface area contributed by atoms with Crippen LogP contribution in [-0.2, 0) is 11.2 Å². The van der Waals surface area contributed by atoms with Gasteiger partial charge in [-0.25, -0.2) is 0 Å². The molecule has 0 heterocycles. The second-order valence-electron chi connectivity index (χ2n) is 3.35. The summed E-state index contributed by atoms with van der Waals surface area (Å²) < 4.78 is 0. The van der Waals surface area contributed by atoms with Crippen molar-refractivity contribution in [2.45, 2.75) is 13.3 Å². The summed E-state index contributed by atoms with van der Waals surface area (Å²) in [6, 6.07) is 7.10. The van der Waals surface area contributed by atoms with E-state index in [1.54, 1.807) is 19.1 Å². The van der Waals surface area contributed by atoms with Crippen molar-refractivity contribution in [2.75, 3.05) is 6.54 Å². The highest BCUT2D eigenvalue weighted by Gasteiger charge is 1.89. The Bertz CT molecular complexity index is 333. The van der Waals surface area contributed by atoms with E-state index in [0.29, 0.717) is 17.9 Å². The number of rotatable bonds is 3. The molecule has 0 atom stereocenters. The van der Waals surface area contributed by atoms with E-state index < -0.39 is 5.91 Å². The molecule has 0 aromatic heterocycles. The van der Waals surface area contributed by atoms with Gasteiger partial charge in [-0.05, 0) is 37.6 Å². The fourth-order valence-corrected chi connectivity index (χ4v) is 0.829. The van der Waals surface area contributed by atoms with Gasteiger partial charge >= 0.3 is 0 Å². The summed E-state index contributed by atoms with van der Waals surface area (Å²) in [5.74, 6) is -0.129. The molecule has 88 valence electrons. The van der Waals surface area contributed by atoms with Crippen molar-refractivity contribution in [2.24, 2.45) is 11.5 Å². The topological polar surface area (TPSA) is 89.3 Å². The average molecular weight is 222 g/mol. The van der Waals surface area contributed by atoms with Crippen molar-refractivity contribution >= 4 is 5.91 Å². The van der Waals surface area contributed by atoms with Gasteiger partial charge in [0.05, 0.1) is 0 Å². The minimum Gasteiger partial charge on any atom is -0.508 e. The lowest BCUT2D eigenvalue weighted by molar-refractivity contribution is -0.114. The van der Waals surface area contributed by atoms with Crippen LogP contribution in [0.2, 0.25) is 0 Å². The van der Waals surface area contributed by atoms with Crippen LogP contribution in [0.15, 0.2) is 36.4 Å². The number of nitrogens with two attached hydrogens (primary N) is 2. The van der Waals surface area contributed by atoms with E-state index in [0.717, 1.165) is 6.42 Å². The summed E-state index contributed by atoms with van der Waals surface area (Å²) in [7, 11) is 0. The summed E-state index contributed by atoms with van der Waals surface area (Å²) in [4.78, 5) is 9.82. The monoisotopic (exact) mass is 222 g/mol. The van der Waals surface area contributed by atoms with Crippen LogP contribution < -0.4 is 11.5 Å². The second kappa shape index (κ2) is 7.48. The summed E-state index contributed by atoms with van der Waals surface area (Å²) >= 11 is 0. The Hall–Kier alpha value is -1.81. The van der Waals surface area contributed by atoms with Gasteiger partial charge in [0.25, 0.3) is 0 Å². The quantitative estimate of drug-likeness (QED) is 0.665. The molecule has 1 amide bonds. The summed E-state index contributed by atoms with van der Waals surface area (Å²) in [6.07, 6.45) is 0.875. The third-order valence-electron chi connectivity index (χ3n) is 1.79. The second-order valence-corrected chi connectivity index (χ2v) is 3.35. The van der Waals surface area contributed by atoms with Crippen molar-refractivity contribution in [3.8, 4) is 5.75 Å². The van der Waals surface area contributed by atoms with Crippen LogP contribution in [0.25, 0.3) is 0 Å². The Morgan fingerprint density at radius 1 is 1.38 bits per heavy atom. The van der Waals surface area contributed by atoms with Gasteiger partial charge in [-0.3, -0.25) is 4.79 Å². The molecule has 0 aliphatic rings. The van der Waals surface area contributed by atoms with Gasteiger partial charge in [-0.2, -0.15) is 0 Å². The minimum atomic E-state index is -0.435. The van der Waals surface area contributed by atoms with E-state index in [9.17, 15) is 4.79 Å². The van der Waals surface area contributed by atoms with E-state index in [-0.39, 0.29) is 0 Å². The first-order valence-electron chi connectivity index (χ1n) is 4.90. The molecule has 4 heteroatoms. The van der Waals surface area contributed by atoms with Crippen LogP contribution in [0.1, 0.15) is 12.5 Å². The Kier molecular flexibility index (Phi) is 6.63. The summed E-state index contributed by atoms with van der Waals surface area (Å²) in [5.41, 5.74) is 11.6. The minimum absolute atomic E-state index is 0.306. The van der Waals surface area contributed by atoms with Gasteiger partial charge in [0.15, 0.2) is 0 Å². The Balaban J connectivity index is 0.000000325. The van der Waals surface area contributed by atoms with Crippen molar-refractivity contribution in [1.29, 1.82) is 0 Å². The Labute approximate surface area is 95.6 Å². The maximum absolute atomic E-state index is 9.82. The van der Waals surface area contributed by atoms with Crippen LogP contribution in [-0.4, -0.2) is 17.6 Å². The molecule has 5 N–H and O–H groups in total. The van der Waals surface area contributed by atoms with Crippen LogP contribution in [0.4, 0.5) is 0 Å². The first-order valence-corrected chi connectivity index (χ1v) is 4.90. The molecule has 1 aromatic rings. The van der Waals surface area contributed by atoms with Gasteiger partial charge in [0.1, 0.15) is 5.75 Å². The van der Waals surface area contributed by atoms with Crippen molar-refractivity contribution in [3.05, 3.63) is 42.0 Å². The number of hydrogen-bond acceptors (Lipinski definition) is 3. The highest BCUT2D eigenvalue weighted by atomic mass is 16.3. The van der Waals surface area contributed by atoms with Crippen molar-refractivity contribution < 1.29 is 9.90 Å². The predicted octanol–water partition coefficient (Wildman–Crippen LogP) is 0.941. The maximum Gasteiger partial charge on any atom is 0.243 e. The molecule has 0 aliphatic heterocycles. The third-order valence-corrected chi connectivity index (χ3v) is 1.79. The predicted molar refractivity (Wildman–Crippen MR) is 64.9 cm³/mol. The fraction of sp³-hybridized carbons (Fsp3) is 0.250. The van der Waals surface area contributed by atoms with Gasteiger partial charge < -0.3 is 16.6 Å². The van der Waals surface area contributed by atoms with E-state index in [1.165, 1.54) is 5.56 Å². The maximum atomic E-state index is 9.82. The zero-order valence-electron chi connectivity index (χ0n) is 9.44. The van der Waals surface area contributed by atoms with E-state index >= 15 is 0 Å². The number of phenolic OH excluding ortho intramolecular Hbond substituents is 1. The van der Waals surface area contributed by atoms with Gasteiger partial charge in [0.2, 0.25) is 5.91 Å². The largest absolute Gasteiger partial charge is 0.508 e. The number of amides is 1. The molecule has 4 nitrogen and oxygen atoms in total. The number of aromatic hydroxyl groups is 1. The standard InChI is InChI=1S/C8H11NO.C4H7NO/c9-6-5-7-1-3-8(10)4-2-7;1-3(2)4(5)6/h1-4,10H,5-6,9H2;1H2,2H3,(H2,5,6). The molecule has 0 aliphatic carbocycles. The van der Waals surface area contributed by atoms with Gasteiger partial charge in [-0.1, -0.05) is 18.7 Å². The molecular weight excluding hydrogens is 204 g/mol. The number of hydrogen-bond donors (Lipinski definition) is 3. The zero-order chi connectivity index (χ0) is 12.6. The molecule has 0 radical (unpaired) electrons. The molecule has 0 bridgehead atoms. The van der Waals surface area contributed by atoms with E-state index in [1.807, 2.05) is 12.1 Å². The van der Waals surface area contributed by atoms with Crippen molar-refractivity contribution in [3.63, 3.8) is 0 Å². The fourth-order valence-electron chi connectivity index (χ4n) is 0.829. The lowest BCUT2D eigenvalue weighted by Crippen LogP contribution is -2.10. The van der Waals surface area contributed by atoms with Crippen LogP contribution in [0.3, 0.4) is 0 Å². The highest BCUT2D eigenvalue weighted by Crippen LogP contribution is 2.09. The van der Waals surface area contributed by atoms with Crippen LogP contribution >= 0.6 is 0 Å². The average Bonchev–Trinajstić information content (AvgIpc) is 2.22. The first-order chi connectivity index (χ1) is 7.47. The molecule has 1 rings (SSSR count). The molecule has 1 aromatic carbocycles. The molecule has 0 saturated heterocycles. The van der Waals surface area contributed by atoms with E-state index in [2.05, 4.69) is 6.58 Å². The smallest absolute Gasteiger partial charge is 0.243 e. The van der Waals surface area contributed by atoms with Gasteiger partial charge in [-0.15, -0.1) is 0 Å². The molecule has 0 spiro atoms. The SMILES string of the molecule is C=C(C)C(N)=O.NCCc1ccc(O)cc1. The molecule has 0 fully saturated rings. The van der Waals surface area contributed by atoms with Gasteiger partial charge in [0, 0.05) is 5.57 Å². The molecule has 0 unspecified atom stereocenters. The normalized spacial score (nSPS) is 8.88. The molecule has 16 heavy (non-hydrogen) atoms. The Morgan fingerprint density at radius 2 is 1.81 bits per heavy atom. The summed E-state index contributed by atoms with van der Waals surface area (Å²) in [6.45, 7) is 5.51. The molecule has 0 saturated carbocycles. The lowest BCUT2D eigenvalue weighted by Gasteiger charge is -1.96. The van der Waals surface area contributed by atoms with E-state index in [4.69, 9.17) is 16.6 Å². The van der Waals surface area contributed by atoms with Crippen molar-refractivity contribution in [1.82, 2.24) is 0 Å². The van der Waals surface area contributed by atoms with Crippen LogP contribution in [0, 0.1) is 0 Å². The number of primary amides is 1.